The van der Waals surface area contributed by atoms with Crippen molar-refractivity contribution in [1.29, 1.82) is 0 Å². The van der Waals surface area contributed by atoms with Gasteiger partial charge in [0, 0.05) is 49.5 Å². The minimum absolute atomic E-state index is 0.00521. The van der Waals surface area contributed by atoms with Crippen molar-refractivity contribution in [3.8, 4) is 0 Å². The van der Waals surface area contributed by atoms with Crippen LogP contribution < -0.4 is 0 Å². The Balaban J connectivity index is 1.70. The van der Waals surface area contributed by atoms with Crippen molar-refractivity contribution in [1.82, 2.24) is 0 Å². The first-order valence-electron chi connectivity index (χ1n) is 18.7. The lowest BCUT2D eigenvalue weighted by atomic mass is 9.53. The molecular weight excluding hydrogens is 632 g/mol. The predicted molar refractivity (Wildman–Crippen MR) is 192 cm³/mol. The summed E-state index contributed by atoms with van der Waals surface area (Å²) in [6.07, 6.45) is 11.5. The van der Waals surface area contributed by atoms with E-state index in [1.54, 1.807) is 0 Å². The molecule has 0 amide bonds. The molecule has 1 N–H and O–H groups in total. The summed E-state index contributed by atoms with van der Waals surface area (Å²) in [4.78, 5) is 55.0. The van der Waals surface area contributed by atoms with Gasteiger partial charge in [0.15, 0.2) is 0 Å². The van der Waals surface area contributed by atoms with Crippen LogP contribution in [0.5, 0.6) is 0 Å². The van der Waals surface area contributed by atoms with Crippen molar-refractivity contribution < 1.29 is 38.5 Å². The summed E-state index contributed by atoms with van der Waals surface area (Å²) in [6.45, 7) is 15.6. The van der Waals surface area contributed by atoms with Gasteiger partial charge >= 0.3 is 17.9 Å². The van der Waals surface area contributed by atoms with Gasteiger partial charge in [0.25, 0.3) is 0 Å². The Labute approximate surface area is 298 Å². The largest absolute Gasteiger partial charge is 0.462 e. The van der Waals surface area contributed by atoms with Crippen LogP contribution in [0.4, 0.5) is 0 Å². The number of aliphatic hydroxyl groups is 1. The fourth-order valence-electron chi connectivity index (χ4n) is 9.55. The van der Waals surface area contributed by atoms with Crippen LogP contribution in [0, 0.1) is 29.1 Å². The molecule has 8 nitrogen and oxygen atoms in total. The molecule has 0 saturated carbocycles. The zero-order valence-electron chi connectivity index (χ0n) is 31.4. The lowest BCUT2D eigenvalue weighted by Crippen LogP contribution is -2.49. The first kappa shape index (κ1) is 38.0. The Hall–Kier alpha value is -3.26. The number of fused-ring (bicyclic) bond motifs is 4. The SMILES string of the molecule is CC(=O)O[C@H]1C/C(C)=C/C/C=C(/C)CC(=O)C[C@@]23C(=O)O[C@@H]([C@@H]1C(C)C)[C@@H]2CC(C)=C1CCC2=CCC[C@@](C)(OC2=O)[C@@H](O)CC/C(C)=C/[C@@H]13. The van der Waals surface area contributed by atoms with Crippen LogP contribution in [0.25, 0.3) is 0 Å². The minimum atomic E-state index is -1.17. The maximum absolute atomic E-state index is 14.9. The number of rotatable bonds is 2. The maximum atomic E-state index is 14.9. The Morgan fingerprint density at radius 3 is 2.40 bits per heavy atom. The van der Waals surface area contributed by atoms with E-state index in [0.717, 1.165) is 27.9 Å². The second kappa shape index (κ2) is 15.1. The minimum Gasteiger partial charge on any atom is -0.462 e. The molecule has 1 saturated heterocycles. The van der Waals surface area contributed by atoms with Crippen LogP contribution in [-0.2, 0) is 33.4 Å². The second-order valence-electron chi connectivity index (χ2n) is 16.4. The average molecular weight is 691 g/mol. The molecule has 3 aliphatic heterocycles. The Morgan fingerprint density at radius 1 is 0.980 bits per heavy atom. The van der Waals surface area contributed by atoms with Gasteiger partial charge in [-0.25, -0.2) is 4.79 Å². The number of carbonyl (C=O) groups excluding carboxylic acids is 4. The summed E-state index contributed by atoms with van der Waals surface area (Å²) in [5, 5.41) is 11.3. The van der Waals surface area contributed by atoms with Gasteiger partial charge in [0.1, 0.15) is 23.6 Å². The quantitative estimate of drug-likeness (QED) is 0.176. The van der Waals surface area contributed by atoms with Gasteiger partial charge in [-0.2, -0.15) is 0 Å². The zero-order chi connectivity index (χ0) is 36.5. The van der Waals surface area contributed by atoms with Crippen LogP contribution in [0.2, 0.25) is 0 Å². The maximum Gasteiger partial charge on any atom is 0.334 e. The van der Waals surface area contributed by atoms with Crippen LogP contribution in [0.3, 0.4) is 0 Å². The Kier molecular flexibility index (Phi) is 11.5. The molecule has 5 aliphatic rings. The number of hydrogen-bond donors (Lipinski definition) is 1. The molecule has 8 heteroatoms. The highest BCUT2D eigenvalue weighted by Crippen LogP contribution is 2.60. The summed E-state index contributed by atoms with van der Waals surface area (Å²) in [5.74, 6) is -2.20. The molecule has 3 heterocycles. The number of esters is 3. The fourth-order valence-corrected chi connectivity index (χ4v) is 9.55. The Bertz CT molecular complexity index is 1540. The average Bonchev–Trinajstić information content (AvgIpc) is 3.17. The van der Waals surface area contributed by atoms with Crippen molar-refractivity contribution >= 4 is 23.7 Å². The molecule has 4 bridgehead atoms. The number of Topliss-reactive ketones (excluding diaryl/α,β-unsaturated/α-hetero) is 1. The van der Waals surface area contributed by atoms with E-state index in [4.69, 9.17) is 14.2 Å². The lowest BCUT2D eigenvalue weighted by molar-refractivity contribution is -0.166. The van der Waals surface area contributed by atoms with Crippen molar-refractivity contribution in [3.63, 3.8) is 0 Å². The van der Waals surface area contributed by atoms with Gasteiger partial charge in [-0.15, -0.1) is 0 Å². The van der Waals surface area contributed by atoms with Gasteiger partial charge in [0.05, 0.1) is 11.5 Å². The van der Waals surface area contributed by atoms with Gasteiger partial charge in [-0.1, -0.05) is 66.0 Å². The van der Waals surface area contributed by atoms with Crippen molar-refractivity contribution in [3.05, 3.63) is 57.7 Å². The second-order valence-corrected chi connectivity index (χ2v) is 16.4. The monoisotopic (exact) mass is 690 g/mol. The molecule has 274 valence electrons. The molecule has 2 aliphatic carbocycles. The molecule has 0 aromatic carbocycles. The van der Waals surface area contributed by atoms with Crippen molar-refractivity contribution in [2.24, 2.45) is 29.1 Å². The molecule has 0 aromatic heterocycles. The standard InChI is InChI=1S/C42H58O8/c1-24(2)37-35(48-29(7)43)21-26(4)12-9-11-25(3)19-31(44)23-42-33-20-27(5)14-17-36(45)41(8)18-10-13-30(39(46)50-41)15-16-32(33)28(6)22-34(42)38(37)49-40(42)47/h11-13,20,24,33-38,45H,9-10,14-19,21-23H2,1-8H3/b25-11-,26-12+,27-20+/t33-,34-,35-,36-,37+,38+,41+,42-/m0/s1. The zero-order valence-corrected chi connectivity index (χ0v) is 31.4. The van der Waals surface area contributed by atoms with E-state index in [2.05, 4.69) is 39.0 Å². The van der Waals surface area contributed by atoms with E-state index in [1.165, 1.54) is 6.92 Å². The normalized spacial score (nSPS) is 39.2. The van der Waals surface area contributed by atoms with Gasteiger partial charge in [-0.05, 0) is 91.9 Å². The molecule has 0 unspecified atom stereocenters. The topological polar surface area (TPSA) is 116 Å². The van der Waals surface area contributed by atoms with E-state index in [9.17, 15) is 24.3 Å². The molecular formula is C42H58O8. The summed E-state index contributed by atoms with van der Waals surface area (Å²) in [7, 11) is 0. The van der Waals surface area contributed by atoms with E-state index < -0.39 is 41.2 Å². The molecule has 0 spiro atoms. The Morgan fingerprint density at radius 2 is 1.70 bits per heavy atom. The van der Waals surface area contributed by atoms with E-state index >= 15 is 0 Å². The van der Waals surface area contributed by atoms with E-state index in [0.29, 0.717) is 63.4 Å². The van der Waals surface area contributed by atoms with Crippen molar-refractivity contribution in [2.45, 2.75) is 150 Å². The molecule has 5 rings (SSSR count). The molecule has 0 aromatic rings. The highest BCUT2D eigenvalue weighted by atomic mass is 16.6. The highest BCUT2D eigenvalue weighted by molar-refractivity contribution is 5.91. The number of ether oxygens (including phenoxy) is 3. The highest BCUT2D eigenvalue weighted by Gasteiger charge is 2.65. The number of ketones is 1. The van der Waals surface area contributed by atoms with Crippen LogP contribution in [0.15, 0.2) is 57.7 Å². The molecule has 50 heavy (non-hydrogen) atoms. The number of aliphatic hydroxyl groups excluding tert-OH is 1. The van der Waals surface area contributed by atoms with Crippen LogP contribution in [-0.4, -0.2) is 52.7 Å². The third-order valence-electron chi connectivity index (χ3n) is 12.3. The van der Waals surface area contributed by atoms with Gasteiger partial charge < -0.3 is 19.3 Å². The lowest BCUT2D eigenvalue weighted by Gasteiger charge is -2.46. The molecule has 0 radical (unpaired) electrons. The first-order valence-corrected chi connectivity index (χ1v) is 18.7. The number of hydrogen-bond acceptors (Lipinski definition) is 8. The third kappa shape index (κ3) is 7.66. The smallest absolute Gasteiger partial charge is 0.334 e. The molecule has 8 atom stereocenters. The molecule has 1 fully saturated rings. The number of allylic oxidation sites excluding steroid dienone is 8. The number of carbonyl (C=O) groups is 4. The van der Waals surface area contributed by atoms with Gasteiger partial charge in [0.2, 0.25) is 0 Å². The van der Waals surface area contributed by atoms with E-state index in [1.807, 2.05) is 33.8 Å². The van der Waals surface area contributed by atoms with Crippen molar-refractivity contribution in [2.75, 3.05) is 0 Å². The fraction of sp³-hybridized carbons (Fsp3) is 0.667. The van der Waals surface area contributed by atoms with Crippen LogP contribution in [0.1, 0.15) is 126 Å². The summed E-state index contributed by atoms with van der Waals surface area (Å²) in [5.41, 5.74) is 3.67. The summed E-state index contributed by atoms with van der Waals surface area (Å²) < 4.78 is 18.6. The summed E-state index contributed by atoms with van der Waals surface area (Å²) in [6, 6.07) is 0. The predicted octanol–water partition coefficient (Wildman–Crippen LogP) is 7.99. The van der Waals surface area contributed by atoms with E-state index in [-0.39, 0.29) is 48.3 Å². The van der Waals surface area contributed by atoms with Crippen LogP contribution >= 0.6 is 0 Å². The first-order chi connectivity index (χ1) is 23.6. The summed E-state index contributed by atoms with van der Waals surface area (Å²) >= 11 is 0. The van der Waals surface area contributed by atoms with Gasteiger partial charge in [-0.3, -0.25) is 14.4 Å². The third-order valence-corrected chi connectivity index (χ3v) is 12.3.